The first-order chi connectivity index (χ1) is 9.83. The highest BCUT2D eigenvalue weighted by Gasteiger charge is 2.06. The third-order valence-corrected chi connectivity index (χ3v) is 3.01. The molecule has 0 atom stereocenters. The van der Waals surface area contributed by atoms with Crippen LogP contribution in [0.5, 0.6) is 0 Å². The predicted molar refractivity (Wildman–Crippen MR) is 78.2 cm³/mol. The number of anilines is 1. The summed E-state index contributed by atoms with van der Waals surface area (Å²) < 4.78 is 5.37. The second kappa shape index (κ2) is 5.57. The zero-order chi connectivity index (χ0) is 13.8. The molecule has 0 aliphatic rings. The zero-order valence-electron chi connectivity index (χ0n) is 11.2. The zero-order valence-corrected chi connectivity index (χ0v) is 11.2. The fourth-order valence-corrected chi connectivity index (χ4v) is 2.09. The van der Waals surface area contributed by atoms with Gasteiger partial charge in [-0.05, 0) is 11.6 Å². The maximum absolute atomic E-state index is 5.37. The van der Waals surface area contributed by atoms with Gasteiger partial charge in [-0.2, -0.15) is 0 Å². The van der Waals surface area contributed by atoms with Crippen LogP contribution in [0, 0.1) is 6.92 Å². The molecule has 1 N–H and O–H groups in total. The largest absolute Gasteiger partial charge is 0.424 e. The number of hydrogen-bond donors (Lipinski definition) is 1. The van der Waals surface area contributed by atoms with Crippen molar-refractivity contribution in [2.24, 2.45) is 0 Å². The molecule has 3 aromatic rings. The highest BCUT2D eigenvalue weighted by molar-refractivity contribution is 5.77. The van der Waals surface area contributed by atoms with Gasteiger partial charge in [-0.15, -0.1) is 10.2 Å². The Balaban J connectivity index is 1.83. The van der Waals surface area contributed by atoms with Gasteiger partial charge in [0.15, 0.2) is 0 Å². The monoisotopic (exact) mass is 265 g/mol. The van der Waals surface area contributed by atoms with Crippen LogP contribution in [0.4, 0.5) is 5.69 Å². The van der Waals surface area contributed by atoms with Gasteiger partial charge in [-0.1, -0.05) is 48.5 Å². The molecule has 0 unspecified atom stereocenters. The van der Waals surface area contributed by atoms with E-state index in [-0.39, 0.29) is 0 Å². The summed E-state index contributed by atoms with van der Waals surface area (Å²) in [6.07, 6.45) is 0. The number of hydrogen-bond acceptors (Lipinski definition) is 4. The third kappa shape index (κ3) is 2.69. The van der Waals surface area contributed by atoms with E-state index in [9.17, 15) is 0 Å². The summed E-state index contributed by atoms with van der Waals surface area (Å²) in [4.78, 5) is 0. The highest BCUT2D eigenvalue weighted by atomic mass is 16.4. The van der Waals surface area contributed by atoms with Crippen molar-refractivity contribution < 1.29 is 4.42 Å². The van der Waals surface area contributed by atoms with Crippen molar-refractivity contribution in [3.63, 3.8) is 0 Å². The summed E-state index contributed by atoms with van der Waals surface area (Å²) in [5.74, 6) is 1.17. The van der Waals surface area contributed by atoms with E-state index in [1.807, 2.05) is 36.4 Å². The van der Waals surface area contributed by atoms with E-state index < -0.39 is 0 Å². The molecule has 0 saturated heterocycles. The first kappa shape index (κ1) is 12.4. The molecular formula is C16H15N3O. The van der Waals surface area contributed by atoms with Crippen LogP contribution in [0.1, 0.15) is 11.8 Å². The maximum Gasteiger partial charge on any atom is 0.235 e. The lowest BCUT2D eigenvalue weighted by atomic mass is 10.0. The molecule has 4 heteroatoms. The lowest BCUT2D eigenvalue weighted by Gasteiger charge is -2.10. The molecule has 0 aliphatic carbocycles. The van der Waals surface area contributed by atoms with Crippen LogP contribution in [-0.2, 0) is 6.54 Å². The van der Waals surface area contributed by atoms with Crippen LogP contribution in [0.15, 0.2) is 59.0 Å². The minimum absolute atomic E-state index is 0.519. The predicted octanol–water partition coefficient (Wildman–Crippen LogP) is 3.66. The summed E-state index contributed by atoms with van der Waals surface area (Å²) in [7, 11) is 0. The topological polar surface area (TPSA) is 51.0 Å². The lowest BCUT2D eigenvalue weighted by Crippen LogP contribution is -2.01. The minimum atomic E-state index is 0.519. The number of nitrogens with zero attached hydrogens (tertiary/aromatic N) is 2. The number of benzene rings is 2. The average molecular weight is 265 g/mol. The molecule has 0 radical (unpaired) electrons. The maximum atomic E-state index is 5.37. The molecule has 1 heterocycles. The van der Waals surface area contributed by atoms with E-state index in [0.717, 1.165) is 11.3 Å². The van der Waals surface area contributed by atoms with Crippen molar-refractivity contribution in [3.05, 3.63) is 66.4 Å². The van der Waals surface area contributed by atoms with Gasteiger partial charge in [0.05, 0.1) is 6.54 Å². The lowest BCUT2D eigenvalue weighted by molar-refractivity contribution is 0.475. The average Bonchev–Trinajstić information content (AvgIpc) is 2.92. The molecule has 2 aromatic carbocycles. The molecular weight excluding hydrogens is 250 g/mol. The van der Waals surface area contributed by atoms with Crippen molar-refractivity contribution >= 4 is 5.69 Å². The smallest absolute Gasteiger partial charge is 0.235 e. The molecule has 20 heavy (non-hydrogen) atoms. The van der Waals surface area contributed by atoms with Gasteiger partial charge in [-0.3, -0.25) is 0 Å². The standard InChI is InChI=1S/C16H15N3O/c1-12-18-19-16(20-12)11-17-15-10-6-5-9-14(15)13-7-3-2-4-8-13/h2-10,17H,11H2,1H3. The Kier molecular flexibility index (Phi) is 3.46. The Morgan fingerprint density at radius 1 is 0.950 bits per heavy atom. The number of aryl methyl sites for hydroxylation is 1. The van der Waals surface area contributed by atoms with Crippen molar-refractivity contribution in [2.45, 2.75) is 13.5 Å². The van der Waals surface area contributed by atoms with Gasteiger partial charge >= 0.3 is 0 Å². The normalized spacial score (nSPS) is 10.4. The van der Waals surface area contributed by atoms with E-state index in [0.29, 0.717) is 18.3 Å². The van der Waals surface area contributed by atoms with E-state index in [4.69, 9.17) is 4.42 Å². The van der Waals surface area contributed by atoms with Crippen molar-refractivity contribution in [3.8, 4) is 11.1 Å². The number of nitrogens with one attached hydrogen (secondary N) is 1. The number of para-hydroxylation sites is 1. The van der Waals surface area contributed by atoms with Gasteiger partial charge in [-0.25, -0.2) is 0 Å². The molecule has 0 saturated carbocycles. The van der Waals surface area contributed by atoms with Gasteiger partial charge in [0.2, 0.25) is 11.8 Å². The van der Waals surface area contributed by atoms with E-state index in [2.05, 4.69) is 33.7 Å². The number of rotatable bonds is 4. The Morgan fingerprint density at radius 2 is 1.70 bits per heavy atom. The van der Waals surface area contributed by atoms with E-state index >= 15 is 0 Å². The van der Waals surface area contributed by atoms with Crippen LogP contribution in [0.3, 0.4) is 0 Å². The molecule has 4 nitrogen and oxygen atoms in total. The van der Waals surface area contributed by atoms with Crippen LogP contribution < -0.4 is 5.32 Å². The van der Waals surface area contributed by atoms with Gasteiger partial charge in [0.25, 0.3) is 0 Å². The summed E-state index contributed by atoms with van der Waals surface area (Å²) in [6, 6.07) is 18.5. The SMILES string of the molecule is Cc1nnc(CNc2ccccc2-c2ccccc2)o1. The first-order valence-corrected chi connectivity index (χ1v) is 6.50. The van der Waals surface area contributed by atoms with Crippen LogP contribution in [0.25, 0.3) is 11.1 Å². The van der Waals surface area contributed by atoms with E-state index in [1.165, 1.54) is 5.56 Å². The molecule has 0 fully saturated rings. The number of aromatic nitrogens is 2. The van der Waals surface area contributed by atoms with Gasteiger partial charge in [0, 0.05) is 18.2 Å². The first-order valence-electron chi connectivity index (χ1n) is 6.50. The second-order valence-corrected chi connectivity index (χ2v) is 4.48. The molecule has 0 aliphatic heterocycles. The van der Waals surface area contributed by atoms with Crippen molar-refractivity contribution in [2.75, 3.05) is 5.32 Å². The summed E-state index contributed by atoms with van der Waals surface area (Å²) in [6.45, 7) is 2.30. The summed E-state index contributed by atoms with van der Waals surface area (Å²) >= 11 is 0. The molecule has 3 rings (SSSR count). The quantitative estimate of drug-likeness (QED) is 0.782. The van der Waals surface area contributed by atoms with Gasteiger partial charge in [0.1, 0.15) is 0 Å². The highest BCUT2D eigenvalue weighted by Crippen LogP contribution is 2.27. The Labute approximate surface area is 117 Å². The fourth-order valence-electron chi connectivity index (χ4n) is 2.09. The Hall–Kier alpha value is -2.62. The van der Waals surface area contributed by atoms with Crippen LogP contribution >= 0.6 is 0 Å². The molecule has 100 valence electrons. The summed E-state index contributed by atoms with van der Waals surface area (Å²) in [5.41, 5.74) is 3.39. The van der Waals surface area contributed by atoms with Crippen molar-refractivity contribution in [1.82, 2.24) is 10.2 Å². The third-order valence-electron chi connectivity index (χ3n) is 3.01. The van der Waals surface area contributed by atoms with Crippen LogP contribution in [0.2, 0.25) is 0 Å². The second-order valence-electron chi connectivity index (χ2n) is 4.48. The summed E-state index contributed by atoms with van der Waals surface area (Å²) in [5, 5.41) is 11.2. The van der Waals surface area contributed by atoms with Crippen LogP contribution in [-0.4, -0.2) is 10.2 Å². The minimum Gasteiger partial charge on any atom is -0.424 e. The molecule has 0 spiro atoms. The van der Waals surface area contributed by atoms with Crippen molar-refractivity contribution in [1.29, 1.82) is 0 Å². The Bertz CT molecular complexity index is 692. The molecule has 0 amide bonds. The Morgan fingerprint density at radius 3 is 2.45 bits per heavy atom. The fraction of sp³-hybridized carbons (Fsp3) is 0.125. The van der Waals surface area contributed by atoms with Gasteiger partial charge < -0.3 is 9.73 Å². The van der Waals surface area contributed by atoms with E-state index in [1.54, 1.807) is 6.92 Å². The molecule has 1 aromatic heterocycles. The molecule has 0 bridgehead atoms.